The van der Waals surface area contributed by atoms with Crippen molar-refractivity contribution in [3.8, 4) is 0 Å². The molecule has 0 radical (unpaired) electrons. The molecule has 1 N–H and O–H groups in total. The number of nitrogens with one attached hydrogen (secondary N) is 1. The molecule has 0 unspecified atom stereocenters. The van der Waals surface area contributed by atoms with Gasteiger partial charge in [-0.15, -0.1) is 11.3 Å². The Morgan fingerprint density at radius 3 is 2.69 bits per heavy atom. The van der Waals surface area contributed by atoms with Crippen LogP contribution in [0.15, 0.2) is 41.8 Å². The average molecular weight is 411 g/mol. The Labute approximate surface area is 174 Å². The molecule has 4 rings (SSSR count). The van der Waals surface area contributed by atoms with Crippen LogP contribution in [0.4, 0.5) is 0 Å². The van der Waals surface area contributed by atoms with Gasteiger partial charge in [-0.3, -0.25) is 9.59 Å². The molecule has 29 heavy (non-hydrogen) atoms. The quantitative estimate of drug-likeness (QED) is 0.607. The topological polar surface area (TPSA) is 67.2 Å². The molecule has 1 aromatic carbocycles. The minimum Gasteiger partial charge on any atom is -0.351 e. The lowest BCUT2D eigenvalue weighted by molar-refractivity contribution is -0.132. The van der Waals surface area contributed by atoms with E-state index in [1.165, 1.54) is 17.8 Å². The molecule has 1 aliphatic heterocycles. The van der Waals surface area contributed by atoms with Gasteiger partial charge in [0.05, 0.1) is 15.9 Å². The molecule has 2 aromatic heterocycles. The number of para-hydroxylation sites is 2. The van der Waals surface area contributed by atoms with Crippen LogP contribution in [0.2, 0.25) is 0 Å². The molecule has 1 aliphatic rings. The number of rotatable bonds is 7. The Balaban J connectivity index is 1.42. The molecule has 0 saturated carbocycles. The number of carbonyl (C=O) groups is 2. The van der Waals surface area contributed by atoms with Crippen LogP contribution in [0.3, 0.4) is 0 Å². The first-order valence-electron chi connectivity index (χ1n) is 10.3. The number of imidazole rings is 1. The monoisotopic (exact) mass is 410 g/mol. The van der Waals surface area contributed by atoms with Gasteiger partial charge in [-0.1, -0.05) is 18.2 Å². The van der Waals surface area contributed by atoms with E-state index in [9.17, 15) is 9.59 Å². The number of likely N-dealkylation sites (tertiary alicyclic amines) is 1. The van der Waals surface area contributed by atoms with Gasteiger partial charge in [-0.2, -0.15) is 0 Å². The Bertz CT molecular complexity index is 974. The molecule has 7 heteroatoms. The highest BCUT2D eigenvalue weighted by atomic mass is 32.1. The fraction of sp³-hybridized carbons (Fsp3) is 0.409. The standard InChI is InChI=1S/C22H26N4O2S/c27-21(25-13-4-1-5-14-25)16-26-18-9-3-2-8-17(18)24-20(26)11-6-12-23-22(28)19-10-7-15-29-19/h2-3,7-10,15H,1,4-6,11-14,16H2,(H,23,28). The van der Waals surface area contributed by atoms with Crippen LogP contribution in [0.5, 0.6) is 0 Å². The maximum atomic E-state index is 12.8. The predicted molar refractivity (Wildman–Crippen MR) is 115 cm³/mol. The third-order valence-electron chi connectivity index (χ3n) is 5.34. The summed E-state index contributed by atoms with van der Waals surface area (Å²) in [4.78, 5) is 32.4. The van der Waals surface area contributed by atoms with Crippen molar-refractivity contribution in [2.45, 2.75) is 38.6 Å². The van der Waals surface area contributed by atoms with E-state index < -0.39 is 0 Å². The summed E-state index contributed by atoms with van der Waals surface area (Å²) in [6.07, 6.45) is 4.88. The minimum atomic E-state index is -0.0335. The molecule has 3 heterocycles. The number of aromatic nitrogens is 2. The van der Waals surface area contributed by atoms with Gasteiger partial charge < -0.3 is 14.8 Å². The first-order chi connectivity index (χ1) is 14.2. The van der Waals surface area contributed by atoms with Crippen LogP contribution >= 0.6 is 11.3 Å². The van der Waals surface area contributed by atoms with E-state index in [2.05, 4.69) is 5.32 Å². The maximum Gasteiger partial charge on any atom is 0.261 e. The van der Waals surface area contributed by atoms with Crippen molar-refractivity contribution in [2.24, 2.45) is 0 Å². The third kappa shape index (κ3) is 4.67. The number of hydrogen-bond donors (Lipinski definition) is 1. The van der Waals surface area contributed by atoms with Gasteiger partial charge in [0.2, 0.25) is 5.91 Å². The van der Waals surface area contributed by atoms with Crippen molar-refractivity contribution in [3.05, 3.63) is 52.5 Å². The SMILES string of the molecule is O=C(NCCCc1nc2ccccc2n1CC(=O)N1CCCCC1)c1cccs1. The summed E-state index contributed by atoms with van der Waals surface area (Å²) < 4.78 is 2.05. The molecule has 0 spiro atoms. The fourth-order valence-electron chi connectivity index (χ4n) is 3.81. The highest BCUT2D eigenvalue weighted by Gasteiger charge is 2.19. The van der Waals surface area contributed by atoms with E-state index in [-0.39, 0.29) is 11.8 Å². The van der Waals surface area contributed by atoms with Gasteiger partial charge in [0, 0.05) is 26.1 Å². The highest BCUT2D eigenvalue weighted by Crippen LogP contribution is 2.18. The third-order valence-corrected chi connectivity index (χ3v) is 6.21. The summed E-state index contributed by atoms with van der Waals surface area (Å²) in [7, 11) is 0. The number of thiophene rings is 1. The number of benzene rings is 1. The fourth-order valence-corrected chi connectivity index (χ4v) is 4.45. The highest BCUT2D eigenvalue weighted by molar-refractivity contribution is 7.12. The van der Waals surface area contributed by atoms with Gasteiger partial charge in [0.25, 0.3) is 5.91 Å². The van der Waals surface area contributed by atoms with Gasteiger partial charge in [0.1, 0.15) is 12.4 Å². The number of nitrogens with zero attached hydrogens (tertiary/aromatic N) is 3. The molecule has 2 amide bonds. The van der Waals surface area contributed by atoms with E-state index >= 15 is 0 Å². The van der Waals surface area contributed by atoms with Gasteiger partial charge >= 0.3 is 0 Å². The van der Waals surface area contributed by atoms with Crippen molar-refractivity contribution in [1.29, 1.82) is 0 Å². The summed E-state index contributed by atoms with van der Waals surface area (Å²) in [5.41, 5.74) is 1.91. The number of carbonyl (C=O) groups excluding carboxylic acids is 2. The largest absolute Gasteiger partial charge is 0.351 e. The van der Waals surface area contributed by atoms with E-state index in [0.717, 1.165) is 54.1 Å². The number of piperidine rings is 1. The van der Waals surface area contributed by atoms with Gasteiger partial charge in [0.15, 0.2) is 0 Å². The molecule has 152 valence electrons. The lowest BCUT2D eigenvalue weighted by Gasteiger charge is -2.27. The smallest absolute Gasteiger partial charge is 0.261 e. The average Bonchev–Trinajstić information content (AvgIpc) is 3.41. The molecule has 6 nitrogen and oxygen atoms in total. The van der Waals surface area contributed by atoms with Crippen molar-refractivity contribution in [2.75, 3.05) is 19.6 Å². The second-order valence-corrected chi connectivity index (χ2v) is 8.33. The van der Waals surface area contributed by atoms with Crippen molar-refractivity contribution < 1.29 is 9.59 Å². The molecular weight excluding hydrogens is 384 g/mol. The van der Waals surface area contributed by atoms with E-state index in [1.807, 2.05) is 51.2 Å². The normalized spacial score (nSPS) is 14.3. The van der Waals surface area contributed by atoms with Crippen LogP contribution in [0.25, 0.3) is 11.0 Å². The summed E-state index contributed by atoms with van der Waals surface area (Å²) in [5, 5.41) is 4.86. The van der Waals surface area contributed by atoms with Gasteiger partial charge in [-0.25, -0.2) is 4.98 Å². The van der Waals surface area contributed by atoms with Crippen LogP contribution in [0, 0.1) is 0 Å². The molecule has 3 aromatic rings. The summed E-state index contributed by atoms with van der Waals surface area (Å²) in [5.74, 6) is 1.04. The van der Waals surface area contributed by atoms with Crippen LogP contribution in [-0.4, -0.2) is 45.9 Å². The first kappa shape index (κ1) is 19.6. The molecular formula is C22H26N4O2S. The molecule has 1 fully saturated rings. The van der Waals surface area contributed by atoms with E-state index in [4.69, 9.17) is 4.98 Å². The van der Waals surface area contributed by atoms with Crippen molar-refractivity contribution >= 4 is 34.2 Å². The van der Waals surface area contributed by atoms with Crippen molar-refractivity contribution in [1.82, 2.24) is 19.8 Å². The van der Waals surface area contributed by atoms with E-state index in [0.29, 0.717) is 19.5 Å². The molecule has 1 saturated heterocycles. The Kier molecular flexibility index (Phi) is 6.24. The lowest BCUT2D eigenvalue weighted by Crippen LogP contribution is -2.38. The second kappa shape index (κ2) is 9.22. The lowest BCUT2D eigenvalue weighted by atomic mass is 10.1. The number of amides is 2. The Morgan fingerprint density at radius 1 is 1.07 bits per heavy atom. The molecule has 0 aliphatic carbocycles. The van der Waals surface area contributed by atoms with Gasteiger partial charge in [-0.05, 0) is 49.3 Å². The summed E-state index contributed by atoms with van der Waals surface area (Å²) in [6, 6.07) is 11.7. The number of hydrogen-bond acceptors (Lipinski definition) is 4. The number of fused-ring (bicyclic) bond motifs is 1. The molecule has 0 bridgehead atoms. The first-order valence-corrected chi connectivity index (χ1v) is 11.1. The second-order valence-electron chi connectivity index (χ2n) is 7.38. The zero-order chi connectivity index (χ0) is 20.1. The minimum absolute atomic E-state index is 0.0335. The summed E-state index contributed by atoms with van der Waals surface area (Å²) in [6.45, 7) is 2.63. The van der Waals surface area contributed by atoms with E-state index in [1.54, 1.807) is 0 Å². The Morgan fingerprint density at radius 2 is 1.90 bits per heavy atom. The van der Waals surface area contributed by atoms with Crippen molar-refractivity contribution in [3.63, 3.8) is 0 Å². The molecule has 0 atom stereocenters. The van der Waals surface area contributed by atoms with Crippen LogP contribution in [-0.2, 0) is 17.8 Å². The number of aryl methyl sites for hydroxylation is 1. The van der Waals surface area contributed by atoms with Crippen LogP contribution < -0.4 is 5.32 Å². The maximum absolute atomic E-state index is 12.8. The Hall–Kier alpha value is -2.67. The zero-order valence-electron chi connectivity index (χ0n) is 16.5. The van der Waals surface area contributed by atoms with Crippen LogP contribution in [0.1, 0.15) is 41.2 Å². The predicted octanol–water partition coefficient (Wildman–Crippen LogP) is 3.47. The summed E-state index contributed by atoms with van der Waals surface area (Å²) >= 11 is 1.44. The zero-order valence-corrected chi connectivity index (χ0v) is 17.3.